The number of nitrogens with two attached hydrogens (primary N) is 1. The van der Waals surface area contributed by atoms with Crippen LogP contribution in [0.2, 0.25) is 0 Å². The average molecular weight is 265 g/mol. The molecule has 108 valence electrons. The highest BCUT2D eigenvalue weighted by atomic mass is 16.5. The van der Waals surface area contributed by atoms with Crippen molar-refractivity contribution in [3.8, 4) is 5.75 Å². The molecule has 0 radical (unpaired) electrons. The Labute approximate surface area is 117 Å². The molecule has 19 heavy (non-hydrogen) atoms. The van der Waals surface area contributed by atoms with Gasteiger partial charge in [0.05, 0.1) is 19.8 Å². The third-order valence-electron chi connectivity index (χ3n) is 3.16. The lowest BCUT2D eigenvalue weighted by Gasteiger charge is -2.17. The molecule has 0 heterocycles. The van der Waals surface area contributed by atoms with Crippen LogP contribution in [0.15, 0.2) is 18.2 Å². The van der Waals surface area contributed by atoms with Crippen LogP contribution in [-0.4, -0.2) is 13.2 Å². The van der Waals surface area contributed by atoms with Crippen LogP contribution in [0.25, 0.3) is 0 Å². The normalized spacial score (nSPS) is 14.5. The zero-order valence-electron chi connectivity index (χ0n) is 12.8. The summed E-state index contributed by atoms with van der Waals surface area (Å²) >= 11 is 0. The van der Waals surface area contributed by atoms with Crippen LogP contribution in [0.5, 0.6) is 5.75 Å². The fourth-order valence-electron chi connectivity index (χ4n) is 2.16. The van der Waals surface area contributed by atoms with E-state index in [1.807, 2.05) is 19.1 Å². The molecule has 1 aromatic carbocycles. The second-order valence-electron chi connectivity index (χ2n) is 5.61. The highest BCUT2D eigenvalue weighted by Gasteiger charge is 2.10. The molecule has 0 bridgehead atoms. The molecule has 3 nitrogen and oxygen atoms in total. The van der Waals surface area contributed by atoms with Gasteiger partial charge in [0.25, 0.3) is 0 Å². The molecular weight excluding hydrogens is 238 g/mol. The van der Waals surface area contributed by atoms with Gasteiger partial charge in [-0.25, -0.2) is 0 Å². The Hall–Kier alpha value is -1.06. The molecule has 0 aromatic heterocycles. The van der Waals surface area contributed by atoms with E-state index in [0.29, 0.717) is 12.5 Å². The van der Waals surface area contributed by atoms with Crippen LogP contribution in [-0.2, 0) is 11.3 Å². The first-order chi connectivity index (χ1) is 8.93. The molecule has 0 aliphatic rings. The summed E-state index contributed by atoms with van der Waals surface area (Å²) in [6, 6.07) is 6.07. The molecule has 0 saturated heterocycles. The smallest absolute Gasteiger partial charge is 0.124 e. The maximum absolute atomic E-state index is 5.91. The van der Waals surface area contributed by atoms with Crippen molar-refractivity contribution < 1.29 is 9.47 Å². The first kappa shape index (κ1) is 16.0. The van der Waals surface area contributed by atoms with Gasteiger partial charge in [-0.1, -0.05) is 19.9 Å². The molecule has 2 N–H and O–H groups in total. The van der Waals surface area contributed by atoms with Crippen LogP contribution >= 0.6 is 0 Å². The van der Waals surface area contributed by atoms with Crippen molar-refractivity contribution in [2.75, 3.05) is 7.11 Å². The van der Waals surface area contributed by atoms with Gasteiger partial charge in [0, 0.05) is 11.6 Å². The van der Waals surface area contributed by atoms with Crippen molar-refractivity contribution in [2.24, 2.45) is 11.7 Å². The third kappa shape index (κ3) is 5.21. The molecular formula is C16H27NO2. The highest BCUT2D eigenvalue weighted by Crippen LogP contribution is 2.24. The average Bonchev–Trinajstić information content (AvgIpc) is 2.35. The molecule has 0 aliphatic heterocycles. The van der Waals surface area contributed by atoms with Gasteiger partial charge in [0.1, 0.15) is 5.75 Å². The molecule has 0 amide bonds. The number of hydrogen-bond donors (Lipinski definition) is 1. The van der Waals surface area contributed by atoms with Gasteiger partial charge in [0.15, 0.2) is 0 Å². The van der Waals surface area contributed by atoms with Crippen LogP contribution in [0.1, 0.15) is 51.3 Å². The summed E-state index contributed by atoms with van der Waals surface area (Å²) in [6.45, 7) is 9.07. The first-order valence-corrected chi connectivity index (χ1v) is 6.98. The molecule has 0 spiro atoms. The fourth-order valence-corrected chi connectivity index (χ4v) is 2.16. The minimum Gasteiger partial charge on any atom is -0.496 e. The Morgan fingerprint density at radius 3 is 2.37 bits per heavy atom. The summed E-state index contributed by atoms with van der Waals surface area (Å²) in [5.41, 5.74) is 8.08. The van der Waals surface area contributed by atoms with E-state index in [1.54, 1.807) is 7.11 Å². The van der Waals surface area contributed by atoms with Crippen LogP contribution in [0.4, 0.5) is 0 Å². The maximum Gasteiger partial charge on any atom is 0.124 e. The van der Waals surface area contributed by atoms with Crippen molar-refractivity contribution in [1.82, 2.24) is 0 Å². The Bertz CT molecular complexity index is 388. The summed E-state index contributed by atoms with van der Waals surface area (Å²) < 4.78 is 11.3. The van der Waals surface area contributed by atoms with Crippen molar-refractivity contribution in [3.63, 3.8) is 0 Å². The quantitative estimate of drug-likeness (QED) is 0.818. The van der Waals surface area contributed by atoms with Gasteiger partial charge in [0.2, 0.25) is 0 Å². The molecule has 2 atom stereocenters. The van der Waals surface area contributed by atoms with Crippen molar-refractivity contribution in [2.45, 2.75) is 52.9 Å². The maximum atomic E-state index is 5.91. The Morgan fingerprint density at radius 2 is 1.84 bits per heavy atom. The van der Waals surface area contributed by atoms with Crippen LogP contribution < -0.4 is 10.5 Å². The third-order valence-corrected chi connectivity index (χ3v) is 3.16. The lowest BCUT2D eigenvalue weighted by atomic mass is 10.0. The zero-order chi connectivity index (χ0) is 14.4. The lowest BCUT2D eigenvalue weighted by molar-refractivity contribution is 0.0387. The zero-order valence-corrected chi connectivity index (χ0v) is 12.8. The summed E-state index contributed by atoms with van der Waals surface area (Å²) in [5, 5.41) is 0. The predicted octanol–water partition coefficient (Wildman–Crippen LogP) is 3.67. The van der Waals surface area contributed by atoms with E-state index in [2.05, 4.69) is 26.8 Å². The van der Waals surface area contributed by atoms with Gasteiger partial charge < -0.3 is 15.2 Å². The molecule has 0 saturated carbocycles. The van der Waals surface area contributed by atoms with E-state index < -0.39 is 0 Å². The van der Waals surface area contributed by atoms with Gasteiger partial charge in [-0.05, 0) is 43.9 Å². The van der Waals surface area contributed by atoms with E-state index >= 15 is 0 Å². The molecule has 1 rings (SSSR count). The predicted molar refractivity (Wildman–Crippen MR) is 79.3 cm³/mol. The second-order valence-corrected chi connectivity index (χ2v) is 5.61. The Morgan fingerprint density at radius 1 is 1.16 bits per heavy atom. The van der Waals surface area contributed by atoms with E-state index in [-0.39, 0.29) is 12.1 Å². The summed E-state index contributed by atoms with van der Waals surface area (Å²) in [4.78, 5) is 0. The van der Waals surface area contributed by atoms with E-state index in [4.69, 9.17) is 15.2 Å². The van der Waals surface area contributed by atoms with E-state index in [0.717, 1.165) is 23.3 Å². The first-order valence-electron chi connectivity index (χ1n) is 6.98. The van der Waals surface area contributed by atoms with Crippen molar-refractivity contribution >= 4 is 0 Å². The largest absolute Gasteiger partial charge is 0.496 e. The van der Waals surface area contributed by atoms with E-state index in [1.165, 1.54) is 0 Å². The monoisotopic (exact) mass is 265 g/mol. The van der Waals surface area contributed by atoms with Crippen molar-refractivity contribution in [3.05, 3.63) is 29.3 Å². The highest BCUT2D eigenvalue weighted by molar-refractivity contribution is 5.37. The number of rotatable bonds is 7. The van der Waals surface area contributed by atoms with Gasteiger partial charge in [-0.3, -0.25) is 0 Å². The number of methoxy groups -OCH3 is 1. The standard InChI is InChI=1S/C16H27NO2/c1-11(2)8-12(3)19-10-15-9-14(13(4)17)6-7-16(15)18-5/h6-7,9,11-13H,8,10,17H2,1-5H3. The summed E-state index contributed by atoms with van der Waals surface area (Å²) in [6.07, 6.45) is 1.32. The Kier molecular flexibility index (Phi) is 6.32. The minimum absolute atomic E-state index is 0.0257. The number of hydrogen-bond acceptors (Lipinski definition) is 3. The molecule has 0 fully saturated rings. The van der Waals surface area contributed by atoms with Gasteiger partial charge >= 0.3 is 0 Å². The topological polar surface area (TPSA) is 44.5 Å². The van der Waals surface area contributed by atoms with Crippen LogP contribution in [0.3, 0.4) is 0 Å². The Balaban J connectivity index is 2.72. The molecule has 1 aromatic rings. The second kappa shape index (κ2) is 7.51. The fraction of sp³-hybridized carbons (Fsp3) is 0.625. The number of benzene rings is 1. The van der Waals surface area contributed by atoms with Gasteiger partial charge in [-0.2, -0.15) is 0 Å². The SMILES string of the molecule is COc1ccc(C(C)N)cc1COC(C)CC(C)C. The number of ether oxygens (including phenoxy) is 2. The summed E-state index contributed by atoms with van der Waals surface area (Å²) in [7, 11) is 1.68. The molecule has 2 unspecified atom stereocenters. The molecule has 0 aliphatic carbocycles. The van der Waals surface area contributed by atoms with Gasteiger partial charge in [-0.15, -0.1) is 0 Å². The van der Waals surface area contributed by atoms with E-state index in [9.17, 15) is 0 Å². The molecule has 3 heteroatoms. The minimum atomic E-state index is 0.0257. The van der Waals surface area contributed by atoms with Crippen LogP contribution in [0, 0.1) is 5.92 Å². The van der Waals surface area contributed by atoms with Crippen molar-refractivity contribution in [1.29, 1.82) is 0 Å². The summed E-state index contributed by atoms with van der Waals surface area (Å²) in [5.74, 6) is 1.51. The lowest BCUT2D eigenvalue weighted by Crippen LogP contribution is -2.12.